The number of nitrogens with one attached hydrogen (secondary N) is 1. The van der Waals surface area contributed by atoms with Crippen molar-refractivity contribution < 1.29 is 9.59 Å². The van der Waals surface area contributed by atoms with Crippen LogP contribution in [0.4, 0.5) is 5.69 Å². The Bertz CT molecular complexity index is 1340. The van der Waals surface area contributed by atoms with Gasteiger partial charge in [-0.05, 0) is 44.2 Å². The molecule has 2 aromatic carbocycles. The van der Waals surface area contributed by atoms with Crippen LogP contribution >= 0.6 is 11.8 Å². The van der Waals surface area contributed by atoms with E-state index in [1.165, 1.54) is 11.8 Å². The summed E-state index contributed by atoms with van der Waals surface area (Å²) in [6.07, 6.45) is 1.35. The van der Waals surface area contributed by atoms with E-state index in [1.807, 2.05) is 62.4 Å². The molecule has 2 amide bonds. The first-order chi connectivity index (χ1) is 16.4. The molecule has 7 nitrogen and oxygen atoms in total. The van der Waals surface area contributed by atoms with Crippen molar-refractivity contribution in [2.45, 2.75) is 37.9 Å². The topological polar surface area (TPSA) is 93.8 Å². The molecule has 2 atom stereocenters. The van der Waals surface area contributed by atoms with Gasteiger partial charge in [-0.3, -0.25) is 4.79 Å². The van der Waals surface area contributed by atoms with Crippen LogP contribution < -0.4 is 10.2 Å². The molecule has 174 valence electrons. The fourth-order valence-corrected chi connectivity index (χ4v) is 6.11. The first-order valence-electron chi connectivity index (χ1n) is 11.4. The number of para-hydroxylation sites is 4. The Morgan fingerprint density at radius 3 is 2.53 bits per heavy atom. The number of amides is 2. The number of quaternary nitrogens is 1. The number of H-pyrrole nitrogens is 1. The van der Waals surface area contributed by atoms with Crippen LogP contribution in [0.3, 0.4) is 0 Å². The van der Waals surface area contributed by atoms with Gasteiger partial charge in [-0.2, -0.15) is 0 Å². The molecule has 3 heterocycles. The highest BCUT2D eigenvalue weighted by molar-refractivity contribution is 7.99. The van der Waals surface area contributed by atoms with Gasteiger partial charge in [0.15, 0.2) is 16.9 Å². The van der Waals surface area contributed by atoms with E-state index in [4.69, 9.17) is 5.73 Å². The number of likely N-dealkylation sites (tertiary alicyclic amines) is 1. The van der Waals surface area contributed by atoms with Crippen LogP contribution in [0, 0.1) is 13.8 Å². The summed E-state index contributed by atoms with van der Waals surface area (Å²) in [6, 6.07) is 19.2. The van der Waals surface area contributed by atoms with Gasteiger partial charge >= 0.3 is 5.91 Å². The molecule has 1 fully saturated rings. The van der Waals surface area contributed by atoms with Gasteiger partial charge in [0.1, 0.15) is 11.4 Å². The lowest BCUT2D eigenvalue weighted by molar-refractivity contribution is -0.134. The average molecular weight is 475 g/mol. The van der Waals surface area contributed by atoms with Crippen molar-refractivity contribution in [3.8, 4) is 5.69 Å². The molecule has 34 heavy (non-hydrogen) atoms. The standard InChI is InChI=1S/C26H27N5O2S/c1-17-13-14-18(2)30(17)21-10-5-6-11-22(21)31(15-7-12-23(31)25(27)33)24(32)16-34-26-28-19-8-3-4-9-20(19)29-26/h3-6,8-11,13-14,23H,7,12,15-16H2,1-2H3,(H2-,27,28,29,33)/p+1/t23-,31?/m0/s1. The highest BCUT2D eigenvalue weighted by Gasteiger charge is 2.53. The second kappa shape index (κ2) is 8.77. The molecular formula is C26H28N5O2S+. The number of imidazole rings is 1. The van der Waals surface area contributed by atoms with Crippen molar-refractivity contribution >= 4 is 40.3 Å². The Morgan fingerprint density at radius 1 is 1.09 bits per heavy atom. The molecule has 1 aliphatic rings. The third-order valence-electron chi connectivity index (χ3n) is 6.82. The Morgan fingerprint density at radius 2 is 1.79 bits per heavy atom. The molecule has 4 aromatic rings. The van der Waals surface area contributed by atoms with Crippen LogP contribution in [0.5, 0.6) is 0 Å². The van der Waals surface area contributed by atoms with Crippen LogP contribution in [0.2, 0.25) is 0 Å². The maximum atomic E-state index is 14.1. The zero-order valence-corrected chi connectivity index (χ0v) is 20.1. The molecule has 0 spiro atoms. The van der Waals surface area contributed by atoms with Crippen molar-refractivity contribution in [2.75, 3.05) is 12.3 Å². The molecule has 3 N–H and O–H groups in total. The second-order valence-electron chi connectivity index (χ2n) is 8.83. The molecule has 0 aliphatic carbocycles. The number of benzene rings is 2. The lowest BCUT2D eigenvalue weighted by atomic mass is 10.1. The van der Waals surface area contributed by atoms with E-state index in [1.54, 1.807) is 0 Å². The normalized spacial score (nSPS) is 20.1. The Hall–Kier alpha value is -3.36. The van der Waals surface area contributed by atoms with Gasteiger partial charge in [-0.1, -0.05) is 36.0 Å². The zero-order chi connectivity index (χ0) is 23.9. The lowest BCUT2D eigenvalue weighted by Gasteiger charge is -2.37. The third-order valence-corrected chi connectivity index (χ3v) is 7.68. The summed E-state index contributed by atoms with van der Waals surface area (Å²) in [5, 5.41) is 0.688. The van der Waals surface area contributed by atoms with Crippen LogP contribution in [0.15, 0.2) is 65.8 Å². The minimum absolute atomic E-state index is 0.0401. The number of nitrogens with two attached hydrogens (primary N) is 1. The molecule has 2 aromatic heterocycles. The number of carbonyl (C=O) groups is 2. The van der Waals surface area contributed by atoms with E-state index in [9.17, 15) is 9.59 Å². The first-order valence-corrected chi connectivity index (χ1v) is 12.4. The SMILES string of the molecule is Cc1ccc(C)n1-c1ccccc1[N+]1(C(=O)CSc2nc3ccccc3[nH]2)CCC[C@H]1C(N)=O. The number of hydrogen-bond donors (Lipinski definition) is 2. The fourth-order valence-electron chi connectivity index (χ4n) is 5.27. The summed E-state index contributed by atoms with van der Waals surface area (Å²) in [5.41, 5.74) is 11.6. The number of thioether (sulfide) groups is 1. The first kappa shape index (κ1) is 22.4. The summed E-state index contributed by atoms with van der Waals surface area (Å²) in [7, 11) is 0. The molecule has 8 heteroatoms. The van der Waals surface area contributed by atoms with Gasteiger partial charge in [0.05, 0.1) is 17.6 Å². The van der Waals surface area contributed by atoms with Crippen molar-refractivity contribution in [1.29, 1.82) is 0 Å². The predicted molar refractivity (Wildman–Crippen MR) is 136 cm³/mol. The molecule has 1 unspecified atom stereocenters. The van der Waals surface area contributed by atoms with Crippen molar-refractivity contribution in [3.63, 3.8) is 0 Å². The number of aromatic amines is 1. The van der Waals surface area contributed by atoms with E-state index in [-0.39, 0.29) is 16.1 Å². The van der Waals surface area contributed by atoms with Gasteiger partial charge < -0.3 is 15.3 Å². The van der Waals surface area contributed by atoms with E-state index in [2.05, 4.69) is 26.7 Å². The number of nitrogens with zero attached hydrogens (tertiary/aromatic N) is 3. The minimum Gasteiger partial charge on any atom is -0.364 e. The molecule has 1 saturated heterocycles. The van der Waals surface area contributed by atoms with Crippen molar-refractivity contribution in [1.82, 2.24) is 19.0 Å². The Kier molecular flexibility index (Phi) is 5.79. The predicted octanol–water partition coefficient (Wildman–Crippen LogP) is 4.24. The summed E-state index contributed by atoms with van der Waals surface area (Å²) in [6.45, 7) is 4.63. The Labute approximate surface area is 202 Å². The number of primary amides is 1. The van der Waals surface area contributed by atoms with E-state index < -0.39 is 11.9 Å². The number of carbonyl (C=O) groups excluding carboxylic acids is 2. The molecule has 0 saturated carbocycles. The maximum Gasteiger partial charge on any atom is 0.329 e. The summed E-state index contributed by atoms with van der Waals surface area (Å²) in [4.78, 5) is 34.6. The van der Waals surface area contributed by atoms with E-state index >= 15 is 0 Å². The average Bonchev–Trinajstić information content (AvgIpc) is 3.54. The second-order valence-corrected chi connectivity index (χ2v) is 9.80. The molecule has 0 bridgehead atoms. The van der Waals surface area contributed by atoms with Gasteiger partial charge in [0.25, 0.3) is 5.91 Å². The highest BCUT2D eigenvalue weighted by Crippen LogP contribution is 2.40. The quantitative estimate of drug-likeness (QED) is 0.323. The number of fused-ring (bicyclic) bond motifs is 1. The fraction of sp³-hybridized carbons (Fsp3) is 0.269. The van der Waals surface area contributed by atoms with E-state index in [0.717, 1.165) is 40.2 Å². The van der Waals surface area contributed by atoms with Crippen molar-refractivity contribution in [3.05, 3.63) is 72.1 Å². The third kappa shape index (κ3) is 3.63. The molecular weight excluding hydrogens is 446 g/mol. The summed E-state index contributed by atoms with van der Waals surface area (Å²) >= 11 is 1.37. The van der Waals surface area contributed by atoms with E-state index in [0.29, 0.717) is 18.1 Å². The summed E-state index contributed by atoms with van der Waals surface area (Å²) < 4.78 is 2.08. The molecule has 1 aliphatic heterocycles. The Balaban J connectivity index is 1.57. The van der Waals surface area contributed by atoms with Crippen LogP contribution in [-0.2, 0) is 9.59 Å². The van der Waals surface area contributed by atoms with Crippen LogP contribution in [-0.4, -0.2) is 44.7 Å². The molecule has 0 radical (unpaired) electrons. The van der Waals surface area contributed by atoms with Gasteiger partial charge in [0, 0.05) is 30.3 Å². The molecule has 5 rings (SSSR count). The number of aromatic nitrogens is 3. The lowest BCUT2D eigenvalue weighted by Crippen LogP contribution is -2.62. The van der Waals surface area contributed by atoms with Gasteiger partial charge in [-0.15, -0.1) is 0 Å². The van der Waals surface area contributed by atoms with Crippen LogP contribution in [0.25, 0.3) is 16.7 Å². The highest BCUT2D eigenvalue weighted by atomic mass is 32.2. The maximum absolute atomic E-state index is 14.1. The van der Waals surface area contributed by atoms with Crippen LogP contribution in [0.1, 0.15) is 24.2 Å². The number of aryl methyl sites for hydroxylation is 2. The smallest absolute Gasteiger partial charge is 0.329 e. The van der Waals surface area contributed by atoms with Gasteiger partial charge in [0.2, 0.25) is 0 Å². The number of rotatable bonds is 6. The largest absolute Gasteiger partial charge is 0.364 e. The zero-order valence-electron chi connectivity index (χ0n) is 19.3. The minimum atomic E-state index is -0.596. The van der Waals surface area contributed by atoms with Crippen molar-refractivity contribution in [2.24, 2.45) is 5.73 Å². The van der Waals surface area contributed by atoms with Gasteiger partial charge in [-0.25, -0.2) is 14.3 Å². The summed E-state index contributed by atoms with van der Waals surface area (Å²) in [5.74, 6) is -0.293. The monoisotopic (exact) mass is 474 g/mol. The number of hydrogen-bond acceptors (Lipinski definition) is 4.